The molecule has 0 heterocycles. The van der Waals surface area contributed by atoms with Gasteiger partial charge in [-0.1, -0.05) is 75.4 Å². The summed E-state index contributed by atoms with van der Waals surface area (Å²) in [6.07, 6.45) is 6.73. The molecule has 0 saturated heterocycles. The van der Waals surface area contributed by atoms with Gasteiger partial charge < -0.3 is 4.90 Å². The predicted octanol–water partition coefficient (Wildman–Crippen LogP) is 4.58. The zero-order chi connectivity index (χ0) is 25.7. The van der Waals surface area contributed by atoms with Crippen molar-refractivity contribution in [1.29, 1.82) is 0 Å². The van der Waals surface area contributed by atoms with E-state index in [2.05, 4.69) is 6.92 Å². The van der Waals surface area contributed by atoms with Crippen LogP contribution in [0.2, 0.25) is 0 Å². The summed E-state index contributed by atoms with van der Waals surface area (Å²) < 4.78 is 54.4. The van der Waals surface area contributed by atoms with Gasteiger partial charge in [0.2, 0.25) is 20.0 Å². The Hall–Kier alpha value is -2.10. The number of nitrogens with zero attached hydrogens (tertiary/aromatic N) is 3. The van der Waals surface area contributed by atoms with Crippen molar-refractivity contribution in [1.82, 2.24) is 4.90 Å². The topological polar surface area (TPSA) is 78.0 Å². The Kier molecular flexibility index (Phi) is 12.0. The van der Waals surface area contributed by atoms with Gasteiger partial charge in [0.1, 0.15) is 0 Å². The minimum atomic E-state index is -3.53. The highest BCUT2D eigenvalue weighted by Gasteiger charge is 2.23. The first-order valence-electron chi connectivity index (χ1n) is 12.4. The normalized spacial score (nSPS) is 12.1. The van der Waals surface area contributed by atoms with E-state index in [4.69, 9.17) is 0 Å². The van der Waals surface area contributed by atoms with Crippen LogP contribution in [0.3, 0.4) is 0 Å². The number of unbranched alkanes of at least 4 members (excludes halogenated alkanes) is 5. The number of rotatable bonds is 17. The highest BCUT2D eigenvalue weighted by molar-refractivity contribution is 7.93. The van der Waals surface area contributed by atoms with Gasteiger partial charge in [0.05, 0.1) is 22.9 Å². The molecule has 0 aliphatic rings. The van der Waals surface area contributed by atoms with E-state index in [-0.39, 0.29) is 11.5 Å². The second-order valence-electron chi connectivity index (χ2n) is 8.85. The molecule has 9 heteroatoms. The SMILES string of the molecule is CCCCCCCCN(CCS(=O)(=O)N(C)c1ccccc1)CCS(=O)(=O)N(C)c1ccccc1. The van der Waals surface area contributed by atoms with Crippen molar-refractivity contribution >= 4 is 31.4 Å². The summed E-state index contributed by atoms with van der Waals surface area (Å²) in [4.78, 5) is 1.98. The maximum absolute atomic E-state index is 13.0. The second-order valence-corrected chi connectivity index (χ2v) is 13.1. The Morgan fingerprint density at radius 3 is 1.40 bits per heavy atom. The lowest BCUT2D eigenvalue weighted by Crippen LogP contribution is -2.40. The molecule has 0 spiro atoms. The number of benzene rings is 2. The summed E-state index contributed by atoms with van der Waals surface area (Å²) >= 11 is 0. The third kappa shape index (κ3) is 9.82. The monoisotopic (exact) mass is 523 g/mol. The van der Waals surface area contributed by atoms with Crippen LogP contribution in [0.5, 0.6) is 0 Å². The van der Waals surface area contributed by atoms with Gasteiger partial charge in [-0.15, -0.1) is 0 Å². The highest BCUT2D eigenvalue weighted by Crippen LogP contribution is 2.17. The van der Waals surface area contributed by atoms with Gasteiger partial charge in [0.25, 0.3) is 0 Å². The van der Waals surface area contributed by atoms with Gasteiger partial charge in [-0.3, -0.25) is 8.61 Å². The van der Waals surface area contributed by atoms with Crippen LogP contribution in [0.15, 0.2) is 60.7 Å². The van der Waals surface area contributed by atoms with Crippen molar-refractivity contribution in [2.75, 3.05) is 53.8 Å². The molecule has 0 N–H and O–H groups in total. The van der Waals surface area contributed by atoms with Crippen LogP contribution in [0.1, 0.15) is 45.4 Å². The lowest BCUT2D eigenvalue weighted by atomic mass is 10.1. The third-order valence-electron chi connectivity index (χ3n) is 6.23. The second kappa shape index (κ2) is 14.5. The molecule has 0 unspecified atom stereocenters. The van der Waals surface area contributed by atoms with Crippen molar-refractivity contribution in [3.63, 3.8) is 0 Å². The van der Waals surface area contributed by atoms with Crippen LogP contribution in [0.25, 0.3) is 0 Å². The van der Waals surface area contributed by atoms with E-state index in [0.717, 1.165) is 19.3 Å². The van der Waals surface area contributed by atoms with E-state index < -0.39 is 20.0 Å². The minimum absolute atomic E-state index is 0.0667. The fraction of sp³-hybridized carbons (Fsp3) is 0.538. The van der Waals surface area contributed by atoms with Crippen LogP contribution in [-0.2, 0) is 20.0 Å². The van der Waals surface area contributed by atoms with Gasteiger partial charge >= 0.3 is 0 Å². The Labute approximate surface area is 212 Å². The maximum Gasteiger partial charge on any atom is 0.236 e. The predicted molar refractivity (Wildman–Crippen MR) is 147 cm³/mol. The van der Waals surface area contributed by atoms with Crippen LogP contribution in [-0.4, -0.2) is 67.0 Å². The Balaban J connectivity index is 2.01. The number of hydrogen-bond acceptors (Lipinski definition) is 5. The Morgan fingerprint density at radius 2 is 0.971 bits per heavy atom. The number of para-hydroxylation sites is 2. The molecule has 0 amide bonds. The largest absolute Gasteiger partial charge is 0.301 e. The molecule has 196 valence electrons. The van der Waals surface area contributed by atoms with E-state index in [9.17, 15) is 16.8 Å². The molecular weight excluding hydrogens is 482 g/mol. The van der Waals surface area contributed by atoms with Gasteiger partial charge in [0, 0.05) is 27.2 Å². The molecule has 0 fully saturated rings. The van der Waals surface area contributed by atoms with Crippen LogP contribution in [0.4, 0.5) is 11.4 Å². The molecule has 0 saturated carbocycles. The molecule has 2 rings (SSSR count). The highest BCUT2D eigenvalue weighted by atomic mass is 32.2. The third-order valence-corrected chi connectivity index (χ3v) is 9.72. The van der Waals surface area contributed by atoms with Crippen molar-refractivity contribution in [2.45, 2.75) is 45.4 Å². The molecule has 7 nitrogen and oxygen atoms in total. The summed E-state index contributed by atoms with van der Waals surface area (Å²) in [6, 6.07) is 18.0. The Bertz CT molecular complexity index is 983. The number of sulfonamides is 2. The van der Waals surface area contributed by atoms with Crippen LogP contribution >= 0.6 is 0 Å². The van der Waals surface area contributed by atoms with Crippen molar-refractivity contribution < 1.29 is 16.8 Å². The summed E-state index contributed by atoms with van der Waals surface area (Å²) in [6.45, 7) is 3.45. The van der Waals surface area contributed by atoms with Gasteiger partial charge in [-0.25, -0.2) is 16.8 Å². The van der Waals surface area contributed by atoms with E-state index in [1.807, 2.05) is 17.0 Å². The molecule has 35 heavy (non-hydrogen) atoms. The number of anilines is 2. The van der Waals surface area contributed by atoms with Gasteiger partial charge in [0.15, 0.2) is 0 Å². The summed E-state index contributed by atoms with van der Waals surface area (Å²) in [5.41, 5.74) is 1.23. The van der Waals surface area contributed by atoms with Crippen LogP contribution < -0.4 is 8.61 Å². The summed E-state index contributed by atoms with van der Waals surface area (Å²) in [7, 11) is -3.95. The van der Waals surface area contributed by atoms with Crippen molar-refractivity contribution in [3.05, 3.63) is 60.7 Å². The smallest absolute Gasteiger partial charge is 0.236 e. The van der Waals surface area contributed by atoms with E-state index in [1.165, 1.54) is 27.9 Å². The standard InChI is InChI=1S/C26H41N3O4S2/c1-4-5-6-7-8-15-20-29(21-23-34(30,31)27(2)25-16-11-9-12-17-25)22-24-35(32,33)28(3)26-18-13-10-14-19-26/h9-14,16-19H,4-8,15,20-24H2,1-3H3. The molecule has 0 aliphatic carbocycles. The summed E-state index contributed by atoms with van der Waals surface area (Å²) in [5, 5.41) is 0. The summed E-state index contributed by atoms with van der Waals surface area (Å²) in [5.74, 6) is -0.133. The zero-order valence-corrected chi connectivity index (χ0v) is 23.0. The van der Waals surface area contributed by atoms with Gasteiger partial charge in [-0.05, 0) is 37.2 Å². The first-order chi connectivity index (χ1) is 16.7. The average Bonchev–Trinajstić information content (AvgIpc) is 2.87. The zero-order valence-electron chi connectivity index (χ0n) is 21.3. The van der Waals surface area contributed by atoms with Crippen LogP contribution in [0, 0.1) is 0 Å². The van der Waals surface area contributed by atoms with Gasteiger partial charge in [-0.2, -0.15) is 0 Å². The fourth-order valence-corrected chi connectivity index (χ4v) is 6.22. The quantitative estimate of drug-likeness (QED) is 0.284. The molecule has 2 aromatic carbocycles. The first kappa shape index (κ1) is 29.1. The van der Waals surface area contributed by atoms with Crippen molar-refractivity contribution in [3.8, 4) is 0 Å². The number of hydrogen-bond donors (Lipinski definition) is 0. The maximum atomic E-state index is 13.0. The molecule has 0 aromatic heterocycles. The Morgan fingerprint density at radius 1 is 0.571 bits per heavy atom. The van der Waals surface area contributed by atoms with Crippen molar-refractivity contribution in [2.24, 2.45) is 0 Å². The molecular formula is C26H41N3O4S2. The molecule has 0 aliphatic heterocycles. The van der Waals surface area contributed by atoms with E-state index in [0.29, 0.717) is 31.0 Å². The lowest BCUT2D eigenvalue weighted by Gasteiger charge is -2.26. The molecule has 0 radical (unpaired) electrons. The molecule has 0 bridgehead atoms. The average molecular weight is 524 g/mol. The molecule has 0 atom stereocenters. The van der Waals surface area contributed by atoms with E-state index >= 15 is 0 Å². The lowest BCUT2D eigenvalue weighted by molar-refractivity contribution is 0.296. The fourth-order valence-electron chi connectivity index (χ4n) is 3.81. The first-order valence-corrected chi connectivity index (χ1v) is 15.6. The van der Waals surface area contributed by atoms with E-state index in [1.54, 1.807) is 62.6 Å². The minimum Gasteiger partial charge on any atom is -0.301 e. The molecule has 2 aromatic rings.